The number of fused-ring (bicyclic) bond motifs is 1. The van der Waals surface area contributed by atoms with E-state index in [9.17, 15) is 14.4 Å². The molecule has 5 rings (SSSR count). The average molecular weight is 486 g/mol. The van der Waals surface area contributed by atoms with Gasteiger partial charge in [0.1, 0.15) is 6.54 Å². The van der Waals surface area contributed by atoms with Crippen molar-refractivity contribution in [1.82, 2.24) is 15.5 Å². The number of amides is 4. The molecule has 2 N–H and O–H groups in total. The maximum atomic E-state index is 13.9. The van der Waals surface area contributed by atoms with E-state index in [-0.39, 0.29) is 12.8 Å². The van der Waals surface area contributed by atoms with Crippen LogP contribution in [0.2, 0.25) is 0 Å². The Morgan fingerprint density at radius 1 is 0.972 bits per heavy atom. The SMILES string of the molecule is Cc1ccc([C@@]2(c3ccccc3)NC(=O)N(CC(=O)N[C@@H](C)c3ccc4c(c3)OCO4)C2=O)cc1C. The summed E-state index contributed by atoms with van der Waals surface area (Å²) in [6.45, 7) is 5.53. The molecule has 2 heterocycles. The fraction of sp³-hybridized carbons (Fsp3) is 0.250. The van der Waals surface area contributed by atoms with Crippen molar-refractivity contribution in [3.8, 4) is 11.5 Å². The number of nitrogens with zero attached hydrogens (tertiary/aromatic N) is 1. The quantitative estimate of drug-likeness (QED) is 0.519. The highest BCUT2D eigenvalue weighted by atomic mass is 16.7. The molecule has 1 saturated heterocycles. The van der Waals surface area contributed by atoms with Crippen molar-refractivity contribution in [2.75, 3.05) is 13.3 Å². The summed E-state index contributed by atoms with van der Waals surface area (Å²) in [4.78, 5) is 40.9. The average Bonchev–Trinajstić information content (AvgIpc) is 3.44. The maximum absolute atomic E-state index is 13.9. The molecule has 184 valence electrons. The highest BCUT2D eigenvalue weighted by Crippen LogP contribution is 2.37. The van der Waals surface area contributed by atoms with E-state index in [2.05, 4.69) is 10.6 Å². The van der Waals surface area contributed by atoms with Gasteiger partial charge in [-0.05, 0) is 60.7 Å². The second kappa shape index (κ2) is 9.03. The number of hydrogen-bond acceptors (Lipinski definition) is 5. The first-order chi connectivity index (χ1) is 17.3. The van der Waals surface area contributed by atoms with E-state index in [1.54, 1.807) is 24.3 Å². The Hall–Kier alpha value is -4.33. The zero-order chi connectivity index (χ0) is 25.4. The van der Waals surface area contributed by atoms with Gasteiger partial charge in [0.2, 0.25) is 12.7 Å². The predicted octanol–water partition coefficient (Wildman–Crippen LogP) is 3.70. The van der Waals surface area contributed by atoms with Gasteiger partial charge in [0.05, 0.1) is 6.04 Å². The van der Waals surface area contributed by atoms with Crippen LogP contribution < -0.4 is 20.1 Å². The number of imide groups is 1. The van der Waals surface area contributed by atoms with Crippen LogP contribution in [0.1, 0.15) is 40.8 Å². The first-order valence-corrected chi connectivity index (χ1v) is 11.8. The van der Waals surface area contributed by atoms with Gasteiger partial charge < -0.3 is 20.1 Å². The molecule has 0 spiro atoms. The highest BCUT2D eigenvalue weighted by molar-refractivity contribution is 6.11. The lowest BCUT2D eigenvalue weighted by Crippen LogP contribution is -2.46. The van der Waals surface area contributed by atoms with E-state index >= 15 is 0 Å². The molecular formula is C28H27N3O5. The normalized spacial score (nSPS) is 19.2. The molecule has 2 atom stereocenters. The molecule has 3 aromatic carbocycles. The predicted molar refractivity (Wildman–Crippen MR) is 133 cm³/mol. The number of aryl methyl sites for hydroxylation is 2. The second-order valence-corrected chi connectivity index (χ2v) is 9.14. The molecule has 8 heteroatoms. The van der Waals surface area contributed by atoms with Crippen LogP contribution in [0.15, 0.2) is 66.7 Å². The summed E-state index contributed by atoms with van der Waals surface area (Å²) in [6.07, 6.45) is 0. The van der Waals surface area contributed by atoms with Gasteiger partial charge in [-0.3, -0.25) is 14.5 Å². The maximum Gasteiger partial charge on any atom is 0.326 e. The Labute approximate surface area is 209 Å². The van der Waals surface area contributed by atoms with Crippen molar-refractivity contribution in [3.05, 3.63) is 94.5 Å². The number of rotatable bonds is 6. The number of nitrogens with one attached hydrogen (secondary N) is 2. The largest absolute Gasteiger partial charge is 0.454 e. The van der Waals surface area contributed by atoms with Crippen molar-refractivity contribution in [3.63, 3.8) is 0 Å². The van der Waals surface area contributed by atoms with Crippen LogP contribution in [-0.2, 0) is 15.1 Å². The van der Waals surface area contributed by atoms with E-state index < -0.39 is 29.9 Å². The molecule has 36 heavy (non-hydrogen) atoms. The summed E-state index contributed by atoms with van der Waals surface area (Å²) in [7, 11) is 0. The highest BCUT2D eigenvalue weighted by Gasteiger charge is 2.54. The standard InChI is InChI=1S/C28H27N3O5/c1-17-9-11-22(13-18(17)2)28(21-7-5-4-6-8-21)26(33)31(27(34)30-28)15-25(32)29-19(3)20-10-12-23-24(14-20)36-16-35-23/h4-14,19H,15-16H2,1-3H3,(H,29,32)(H,30,34)/t19-,28+/m0/s1. The van der Waals surface area contributed by atoms with E-state index in [4.69, 9.17) is 9.47 Å². The zero-order valence-electron chi connectivity index (χ0n) is 20.3. The molecule has 0 bridgehead atoms. The molecule has 2 aliphatic rings. The molecule has 0 unspecified atom stereocenters. The lowest BCUT2D eigenvalue weighted by Gasteiger charge is -2.28. The van der Waals surface area contributed by atoms with E-state index in [1.807, 2.05) is 63.2 Å². The minimum atomic E-state index is -1.42. The van der Waals surface area contributed by atoms with Crippen LogP contribution in [0.3, 0.4) is 0 Å². The minimum Gasteiger partial charge on any atom is -0.454 e. The van der Waals surface area contributed by atoms with Crippen molar-refractivity contribution in [2.24, 2.45) is 0 Å². The summed E-state index contributed by atoms with van der Waals surface area (Å²) in [5, 5.41) is 5.76. The Morgan fingerprint density at radius 3 is 2.47 bits per heavy atom. The van der Waals surface area contributed by atoms with Crippen molar-refractivity contribution in [2.45, 2.75) is 32.4 Å². The number of hydrogen-bond donors (Lipinski definition) is 2. The first kappa shape index (κ1) is 23.4. The summed E-state index contributed by atoms with van der Waals surface area (Å²) in [6, 6.07) is 19.2. The third kappa shape index (κ3) is 3.94. The Bertz CT molecular complexity index is 1360. The first-order valence-electron chi connectivity index (χ1n) is 11.8. The number of benzene rings is 3. The van der Waals surface area contributed by atoms with Crippen LogP contribution >= 0.6 is 0 Å². The van der Waals surface area contributed by atoms with E-state index in [0.717, 1.165) is 21.6 Å². The molecule has 8 nitrogen and oxygen atoms in total. The molecule has 0 saturated carbocycles. The fourth-order valence-electron chi connectivity index (χ4n) is 4.64. The summed E-state index contributed by atoms with van der Waals surface area (Å²) < 4.78 is 10.7. The third-order valence-electron chi connectivity index (χ3n) is 6.83. The van der Waals surface area contributed by atoms with Crippen molar-refractivity contribution in [1.29, 1.82) is 0 Å². The van der Waals surface area contributed by atoms with Crippen LogP contribution in [0.25, 0.3) is 0 Å². The van der Waals surface area contributed by atoms with Gasteiger partial charge in [-0.2, -0.15) is 0 Å². The Balaban J connectivity index is 1.40. The monoisotopic (exact) mass is 485 g/mol. The van der Waals surface area contributed by atoms with Crippen LogP contribution in [0.4, 0.5) is 4.79 Å². The molecule has 0 aromatic heterocycles. The summed E-state index contributed by atoms with van der Waals surface area (Å²) >= 11 is 0. The van der Waals surface area contributed by atoms with E-state index in [1.165, 1.54) is 0 Å². The number of carbonyl (C=O) groups is 3. The van der Waals surface area contributed by atoms with Gasteiger partial charge in [-0.25, -0.2) is 4.79 Å². The van der Waals surface area contributed by atoms with Crippen LogP contribution in [0.5, 0.6) is 11.5 Å². The van der Waals surface area contributed by atoms with Gasteiger partial charge >= 0.3 is 6.03 Å². The van der Waals surface area contributed by atoms with Gasteiger partial charge in [0.25, 0.3) is 5.91 Å². The van der Waals surface area contributed by atoms with Crippen LogP contribution in [0, 0.1) is 13.8 Å². The van der Waals surface area contributed by atoms with Crippen LogP contribution in [-0.4, -0.2) is 36.1 Å². The molecular weight excluding hydrogens is 458 g/mol. The summed E-state index contributed by atoms with van der Waals surface area (Å²) in [5.74, 6) is 0.324. The Morgan fingerprint density at radius 2 is 1.72 bits per heavy atom. The van der Waals surface area contributed by atoms with Crippen molar-refractivity contribution < 1.29 is 23.9 Å². The van der Waals surface area contributed by atoms with Crippen molar-refractivity contribution >= 4 is 17.8 Å². The van der Waals surface area contributed by atoms with E-state index in [0.29, 0.717) is 22.6 Å². The zero-order valence-corrected chi connectivity index (χ0v) is 20.3. The fourth-order valence-corrected chi connectivity index (χ4v) is 4.64. The smallest absolute Gasteiger partial charge is 0.326 e. The second-order valence-electron chi connectivity index (χ2n) is 9.14. The van der Waals surface area contributed by atoms with Gasteiger partial charge in [-0.1, -0.05) is 54.6 Å². The minimum absolute atomic E-state index is 0.162. The number of urea groups is 1. The van der Waals surface area contributed by atoms with Gasteiger partial charge in [0.15, 0.2) is 17.0 Å². The lowest BCUT2D eigenvalue weighted by atomic mass is 9.81. The topological polar surface area (TPSA) is 97.0 Å². The molecule has 1 fully saturated rings. The number of ether oxygens (including phenoxy) is 2. The molecule has 2 aliphatic heterocycles. The Kier molecular flexibility index (Phi) is 5.88. The third-order valence-corrected chi connectivity index (χ3v) is 6.83. The molecule has 3 aromatic rings. The number of carbonyl (C=O) groups excluding carboxylic acids is 3. The molecule has 4 amide bonds. The summed E-state index contributed by atoms with van der Waals surface area (Å²) in [5.41, 5.74) is 2.75. The van der Waals surface area contributed by atoms with Gasteiger partial charge in [0, 0.05) is 0 Å². The van der Waals surface area contributed by atoms with Gasteiger partial charge in [-0.15, -0.1) is 0 Å². The lowest BCUT2D eigenvalue weighted by molar-refractivity contribution is -0.134. The molecule has 0 aliphatic carbocycles. The molecule has 0 radical (unpaired) electrons.